The van der Waals surface area contributed by atoms with E-state index in [1.807, 2.05) is 0 Å². The topological polar surface area (TPSA) is 190 Å². The largest absolute Gasteiger partial charge is 0.481 e. The molecule has 29 heavy (non-hydrogen) atoms. The summed E-state index contributed by atoms with van der Waals surface area (Å²) in [4.78, 5) is 40.7. The van der Waals surface area contributed by atoms with Crippen molar-refractivity contribution in [2.45, 2.75) is 39.5 Å². The molecule has 0 aliphatic heterocycles. The van der Waals surface area contributed by atoms with Gasteiger partial charge in [-0.3, -0.25) is 9.59 Å². The van der Waals surface area contributed by atoms with Crippen LogP contribution in [0.15, 0.2) is 24.3 Å². The minimum absolute atomic E-state index is 0.0451. The van der Waals surface area contributed by atoms with Crippen molar-refractivity contribution in [2.24, 2.45) is 5.41 Å². The number of rotatable bonds is 9. The lowest BCUT2D eigenvalue weighted by Crippen LogP contribution is -2.20. The zero-order valence-corrected chi connectivity index (χ0v) is 16.4. The maximum atomic E-state index is 10.5. The summed E-state index contributed by atoms with van der Waals surface area (Å²) in [5.74, 6) is -4.20. The van der Waals surface area contributed by atoms with Crippen molar-refractivity contribution in [2.75, 3.05) is 13.2 Å². The molecule has 0 fully saturated rings. The molecular weight excluding hydrogens is 388 g/mol. The summed E-state index contributed by atoms with van der Waals surface area (Å²) in [7, 11) is 0. The Labute approximate surface area is 168 Å². The number of carboxylic acids is 4. The summed E-state index contributed by atoms with van der Waals surface area (Å²) in [5.41, 5.74) is -0.685. The normalized spacial score (nSPS) is 9.93. The van der Waals surface area contributed by atoms with E-state index in [0.29, 0.717) is 12.8 Å². The van der Waals surface area contributed by atoms with E-state index in [9.17, 15) is 19.2 Å². The van der Waals surface area contributed by atoms with Gasteiger partial charge < -0.3 is 30.6 Å². The van der Waals surface area contributed by atoms with Gasteiger partial charge in [0.05, 0.1) is 24.3 Å². The van der Waals surface area contributed by atoms with Gasteiger partial charge in [-0.1, -0.05) is 26.0 Å². The molecule has 6 N–H and O–H groups in total. The molecule has 0 saturated carbocycles. The van der Waals surface area contributed by atoms with Gasteiger partial charge in [-0.2, -0.15) is 0 Å². The van der Waals surface area contributed by atoms with Crippen LogP contribution in [0.5, 0.6) is 0 Å². The molecule has 1 aromatic rings. The number of aromatic carboxylic acids is 2. The van der Waals surface area contributed by atoms with Crippen LogP contribution in [-0.4, -0.2) is 67.7 Å². The Morgan fingerprint density at radius 3 is 1.21 bits per heavy atom. The van der Waals surface area contributed by atoms with Gasteiger partial charge in [-0.05, 0) is 25.0 Å². The zero-order valence-electron chi connectivity index (χ0n) is 16.4. The minimum atomic E-state index is -1.23. The first-order valence-corrected chi connectivity index (χ1v) is 8.58. The van der Waals surface area contributed by atoms with Crippen LogP contribution >= 0.6 is 0 Å². The average molecular weight is 416 g/mol. The molecule has 0 aliphatic rings. The fraction of sp³-hybridized carbons (Fsp3) is 0.474. The first kappa shape index (κ1) is 28.2. The van der Waals surface area contributed by atoms with E-state index in [2.05, 4.69) is 0 Å². The van der Waals surface area contributed by atoms with Crippen LogP contribution in [-0.2, 0) is 9.59 Å². The standard InChI is InChI=1S/C8H6O4.C6H10O4.C5H12O2/c9-7(10)5-3-1-2-4-6(5)8(11)12;7-5(8)3-1-2-4-6(9)10;1-5(2,3-6)4-7/h1-4H,(H,9,10)(H,11,12);1-4H2,(H,7,8)(H,9,10);6-7H,3-4H2,1-2H3. The molecule has 0 spiro atoms. The Kier molecular flexibility index (Phi) is 14.6. The smallest absolute Gasteiger partial charge is 0.336 e. The van der Waals surface area contributed by atoms with Gasteiger partial charge in [0.25, 0.3) is 0 Å². The van der Waals surface area contributed by atoms with Crippen LogP contribution in [0.4, 0.5) is 0 Å². The third-order valence-corrected chi connectivity index (χ3v) is 3.28. The van der Waals surface area contributed by atoms with Crippen molar-refractivity contribution in [1.82, 2.24) is 0 Å². The lowest BCUT2D eigenvalue weighted by atomic mass is 9.97. The quantitative estimate of drug-likeness (QED) is 0.324. The molecule has 10 heteroatoms. The second kappa shape index (κ2) is 15.0. The molecule has 0 aromatic heterocycles. The van der Waals surface area contributed by atoms with Gasteiger partial charge in [0.2, 0.25) is 0 Å². The number of aliphatic hydroxyl groups is 2. The number of aliphatic hydroxyl groups excluding tert-OH is 2. The molecule has 0 radical (unpaired) electrons. The molecule has 10 nitrogen and oxygen atoms in total. The van der Waals surface area contributed by atoms with E-state index >= 15 is 0 Å². The maximum absolute atomic E-state index is 10.5. The van der Waals surface area contributed by atoms with E-state index in [-0.39, 0.29) is 42.6 Å². The van der Waals surface area contributed by atoms with E-state index in [1.54, 1.807) is 13.8 Å². The highest BCUT2D eigenvalue weighted by Gasteiger charge is 2.14. The summed E-state index contributed by atoms with van der Waals surface area (Å²) in [6.45, 7) is 3.69. The predicted molar refractivity (Wildman–Crippen MR) is 102 cm³/mol. The monoisotopic (exact) mass is 416 g/mol. The van der Waals surface area contributed by atoms with E-state index in [0.717, 1.165) is 0 Å². The Balaban J connectivity index is 0. The number of benzene rings is 1. The highest BCUT2D eigenvalue weighted by Crippen LogP contribution is 2.10. The van der Waals surface area contributed by atoms with E-state index < -0.39 is 23.9 Å². The van der Waals surface area contributed by atoms with Gasteiger partial charge in [0, 0.05) is 18.3 Å². The number of hydrogen-bond acceptors (Lipinski definition) is 6. The van der Waals surface area contributed by atoms with Crippen molar-refractivity contribution in [1.29, 1.82) is 0 Å². The zero-order chi connectivity index (χ0) is 23.0. The SMILES string of the molecule is CC(C)(CO)CO.O=C(O)CCCCC(=O)O.O=C(O)c1ccccc1C(=O)O. The molecule has 0 saturated heterocycles. The molecule has 0 atom stereocenters. The van der Waals surface area contributed by atoms with Crippen LogP contribution in [0.3, 0.4) is 0 Å². The molecule has 0 bridgehead atoms. The highest BCUT2D eigenvalue weighted by atomic mass is 16.4. The fourth-order valence-corrected chi connectivity index (χ4v) is 1.46. The second-order valence-electron chi connectivity index (χ2n) is 6.63. The average Bonchev–Trinajstić information content (AvgIpc) is 2.66. The summed E-state index contributed by atoms with van der Waals surface area (Å²) in [6.07, 6.45) is 1.02. The second-order valence-corrected chi connectivity index (χ2v) is 6.63. The summed E-state index contributed by atoms with van der Waals surface area (Å²) in [5, 5.41) is 50.2. The lowest BCUT2D eigenvalue weighted by molar-refractivity contribution is -0.139. The fourth-order valence-electron chi connectivity index (χ4n) is 1.46. The van der Waals surface area contributed by atoms with Crippen molar-refractivity contribution in [3.8, 4) is 0 Å². The molecule has 0 aliphatic carbocycles. The summed E-state index contributed by atoms with van der Waals surface area (Å²) >= 11 is 0. The third kappa shape index (κ3) is 15.7. The van der Waals surface area contributed by atoms with Gasteiger partial charge in [-0.25, -0.2) is 9.59 Å². The van der Waals surface area contributed by atoms with Gasteiger partial charge in [0.15, 0.2) is 0 Å². The number of carboxylic acid groups (broad SMARTS) is 4. The Morgan fingerprint density at radius 1 is 0.724 bits per heavy atom. The van der Waals surface area contributed by atoms with Crippen LogP contribution < -0.4 is 0 Å². The molecule has 0 amide bonds. The van der Waals surface area contributed by atoms with Crippen molar-refractivity contribution < 1.29 is 49.8 Å². The van der Waals surface area contributed by atoms with Crippen molar-refractivity contribution in [3.63, 3.8) is 0 Å². The predicted octanol–water partition coefficient (Wildman–Crippen LogP) is 1.80. The third-order valence-electron chi connectivity index (χ3n) is 3.28. The molecular formula is C19H28O10. The number of aliphatic carboxylic acids is 2. The van der Waals surface area contributed by atoms with Crippen LogP contribution in [0.2, 0.25) is 0 Å². The maximum Gasteiger partial charge on any atom is 0.336 e. The van der Waals surface area contributed by atoms with Crippen LogP contribution in [0.1, 0.15) is 60.2 Å². The van der Waals surface area contributed by atoms with Crippen molar-refractivity contribution in [3.05, 3.63) is 35.4 Å². The number of carbonyl (C=O) groups is 4. The number of hydrogen-bond donors (Lipinski definition) is 6. The Hall–Kier alpha value is -2.98. The van der Waals surface area contributed by atoms with Gasteiger partial charge in [0.1, 0.15) is 0 Å². The Morgan fingerprint density at radius 2 is 1.03 bits per heavy atom. The number of unbranched alkanes of at least 4 members (excludes halogenated alkanes) is 1. The molecule has 1 rings (SSSR count). The lowest BCUT2D eigenvalue weighted by Gasteiger charge is -2.16. The van der Waals surface area contributed by atoms with Gasteiger partial charge >= 0.3 is 23.9 Å². The van der Waals surface area contributed by atoms with Crippen molar-refractivity contribution >= 4 is 23.9 Å². The molecule has 0 heterocycles. The van der Waals surface area contributed by atoms with E-state index in [4.69, 9.17) is 30.6 Å². The molecule has 164 valence electrons. The highest BCUT2D eigenvalue weighted by molar-refractivity contribution is 6.01. The molecule has 0 unspecified atom stereocenters. The first-order chi connectivity index (χ1) is 13.4. The summed E-state index contributed by atoms with van der Waals surface area (Å²) in [6, 6.07) is 5.48. The van der Waals surface area contributed by atoms with Crippen LogP contribution in [0, 0.1) is 5.41 Å². The first-order valence-electron chi connectivity index (χ1n) is 8.58. The Bertz CT molecular complexity index is 612. The van der Waals surface area contributed by atoms with Crippen LogP contribution in [0.25, 0.3) is 0 Å². The van der Waals surface area contributed by atoms with Gasteiger partial charge in [-0.15, -0.1) is 0 Å². The minimum Gasteiger partial charge on any atom is -0.481 e. The molecule has 1 aromatic carbocycles. The summed E-state index contributed by atoms with van der Waals surface area (Å²) < 4.78 is 0. The van der Waals surface area contributed by atoms with E-state index in [1.165, 1.54) is 24.3 Å².